The van der Waals surface area contributed by atoms with Crippen LogP contribution >= 0.6 is 15.9 Å². The maximum atomic E-state index is 13.6. The molecule has 5 nitrogen and oxygen atoms in total. The molecule has 0 aliphatic carbocycles. The van der Waals surface area contributed by atoms with Gasteiger partial charge in [0.05, 0.1) is 10.6 Å². The SMILES string of the molecule is Cc1ccc(C)c(N(C(=O)COc2cc(C)c(Br)cc2C(C)C)S(=O)(=O)c2ccccc2)c1. The molecule has 0 unspecified atom stereocenters. The molecule has 0 aliphatic rings. The van der Waals surface area contributed by atoms with Crippen molar-refractivity contribution in [2.45, 2.75) is 45.4 Å². The van der Waals surface area contributed by atoms with Gasteiger partial charge in [-0.25, -0.2) is 8.42 Å². The third kappa shape index (κ3) is 5.47. The number of carbonyl (C=O) groups is 1. The van der Waals surface area contributed by atoms with Gasteiger partial charge in [-0.2, -0.15) is 4.31 Å². The predicted molar refractivity (Wildman–Crippen MR) is 135 cm³/mol. The summed E-state index contributed by atoms with van der Waals surface area (Å²) in [7, 11) is -4.14. The smallest absolute Gasteiger partial charge is 0.278 e. The molecule has 3 aromatic rings. The van der Waals surface area contributed by atoms with Crippen molar-refractivity contribution >= 4 is 37.5 Å². The molecular formula is C26H28BrNO4S. The lowest BCUT2D eigenvalue weighted by atomic mass is 10.0. The maximum absolute atomic E-state index is 13.6. The first-order valence-electron chi connectivity index (χ1n) is 10.7. The first-order valence-corrected chi connectivity index (χ1v) is 12.9. The Morgan fingerprint density at radius 1 is 0.970 bits per heavy atom. The summed E-state index contributed by atoms with van der Waals surface area (Å²) in [5.41, 5.74) is 3.75. The van der Waals surface area contributed by atoms with Crippen LogP contribution in [0.15, 0.2) is 70.0 Å². The van der Waals surface area contributed by atoms with Crippen LogP contribution in [0.4, 0.5) is 5.69 Å². The molecule has 0 aliphatic heterocycles. The Hall–Kier alpha value is -2.64. The Kier molecular flexibility index (Phi) is 7.65. The standard InChI is InChI=1S/C26H28BrNO4S/c1-17(2)22-15-23(27)20(5)14-25(22)32-16-26(29)28(24-13-18(3)11-12-19(24)4)33(30,31)21-9-7-6-8-10-21/h6-15,17H,16H2,1-5H3. The molecule has 7 heteroatoms. The van der Waals surface area contributed by atoms with E-state index in [0.29, 0.717) is 17.0 Å². The Labute approximate surface area is 204 Å². The van der Waals surface area contributed by atoms with E-state index in [2.05, 4.69) is 15.9 Å². The second kappa shape index (κ2) is 10.1. The first-order chi connectivity index (χ1) is 15.5. The van der Waals surface area contributed by atoms with E-state index in [1.807, 2.05) is 45.9 Å². The minimum absolute atomic E-state index is 0.0432. The van der Waals surface area contributed by atoms with Crippen molar-refractivity contribution in [2.75, 3.05) is 10.9 Å². The lowest BCUT2D eigenvalue weighted by Crippen LogP contribution is -2.40. The van der Waals surface area contributed by atoms with E-state index >= 15 is 0 Å². The van der Waals surface area contributed by atoms with Crippen molar-refractivity contribution in [3.05, 3.63) is 87.4 Å². The summed E-state index contributed by atoms with van der Waals surface area (Å²) in [6, 6.07) is 17.2. The average molecular weight is 530 g/mol. The van der Waals surface area contributed by atoms with Gasteiger partial charge in [-0.1, -0.05) is 60.1 Å². The summed E-state index contributed by atoms with van der Waals surface area (Å²) in [4.78, 5) is 13.5. The Bertz CT molecular complexity index is 1270. The minimum Gasteiger partial charge on any atom is -0.483 e. The minimum atomic E-state index is -4.14. The monoisotopic (exact) mass is 529 g/mol. The molecule has 0 heterocycles. The number of hydrogen-bond donors (Lipinski definition) is 0. The highest BCUT2D eigenvalue weighted by Crippen LogP contribution is 2.33. The summed E-state index contributed by atoms with van der Waals surface area (Å²) in [5, 5.41) is 0. The van der Waals surface area contributed by atoms with Crippen molar-refractivity contribution in [1.29, 1.82) is 0 Å². The third-order valence-electron chi connectivity index (χ3n) is 5.36. The predicted octanol–water partition coefficient (Wildman–Crippen LogP) is 6.30. The summed E-state index contributed by atoms with van der Waals surface area (Å²) < 4.78 is 34.9. The van der Waals surface area contributed by atoms with Gasteiger partial charge in [-0.15, -0.1) is 0 Å². The molecule has 0 N–H and O–H groups in total. The zero-order valence-electron chi connectivity index (χ0n) is 19.4. The van der Waals surface area contributed by atoms with Crippen molar-refractivity contribution < 1.29 is 17.9 Å². The van der Waals surface area contributed by atoms with E-state index in [0.717, 1.165) is 25.5 Å². The number of amides is 1. The second-order valence-electron chi connectivity index (χ2n) is 8.35. The van der Waals surface area contributed by atoms with Crippen LogP contribution in [0.3, 0.4) is 0 Å². The number of anilines is 1. The summed E-state index contributed by atoms with van der Waals surface area (Å²) in [5.74, 6) is 0.0649. The topological polar surface area (TPSA) is 63.7 Å². The number of ether oxygens (including phenoxy) is 1. The molecular weight excluding hydrogens is 502 g/mol. The molecule has 3 aromatic carbocycles. The van der Waals surface area contributed by atoms with Crippen LogP contribution in [0, 0.1) is 20.8 Å². The van der Waals surface area contributed by atoms with Gasteiger partial charge in [0, 0.05) is 4.47 Å². The third-order valence-corrected chi connectivity index (χ3v) is 7.96. The fraction of sp³-hybridized carbons (Fsp3) is 0.269. The number of hydrogen-bond acceptors (Lipinski definition) is 4. The van der Waals surface area contributed by atoms with Crippen LogP contribution in [-0.4, -0.2) is 20.9 Å². The van der Waals surface area contributed by atoms with Gasteiger partial charge < -0.3 is 4.74 Å². The number of sulfonamides is 1. The van der Waals surface area contributed by atoms with Crippen LogP contribution in [0.25, 0.3) is 0 Å². The van der Waals surface area contributed by atoms with E-state index in [9.17, 15) is 13.2 Å². The van der Waals surface area contributed by atoms with Crippen LogP contribution in [-0.2, 0) is 14.8 Å². The largest absolute Gasteiger partial charge is 0.483 e. The fourth-order valence-electron chi connectivity index (χ4n) is 3.48. The van der Waals surface area contributed by atoms with Crippen molar-refractivity contribution in [3.8, 4) is 5.75 Å². The summed E-state index contributed by atoms with van der Waals surface area (Å²) in [6.07, 6.45) is 0. The normalized spacial score (nSPS) is 11.5. The lowest BCUT2D eigenvalue weighted by molar-refractivity contribution is -0.119. The van der Waals surface area contributed by atoms with Crippen LogP contribution < -0.4 is 9.04 Å². The van der Waals surface area contributed by atoms with E-state index in [1.165, 1.54) is 12.1 Å². The van der Waals surface area contributed by atoms with E-state index in [-0.39, 0.29) is 10.8 Å². The van der Waals surface area contributed by atoms with Crippen molar-refractivity contribution in [3.63, 3.8) is 0 Å². The van der Waals surface area contributed by atoms with E-state index in [4.69, 9.17) is 4.74 Å². The average Bonchev–Trinajstić information content (AvgIpc) is 2.77. The molecule has 0 fully saturated rings. The molecule has 3 rings (SSSR count). The van der Waals surface area contributed by atoms with Crippen LogP contribution in [0.1, 0.15) is 42.0 Å². The number of benzene rings is 3. The van der Waals surface area contributed by atoms with E-state index in [1.54, 1.807) is 37.3 Å². The number of halogens is 1. The highest BCUT2D eigenvalue weighted by atomic mass is 79.9. The highest BCUT2D eigenvalue weighted by molar-refractivity contribution is 9.10. The highest BCUT2D eigenvalue weighted by Gasteiger charge is 2.32. The quantitative estimate of drug-likeness (QED) is 0.360. The Balaban J connectivity index is 2.03. The molecule has 0 spiro atoms. The van der Waals surface area contributed by atoms with Crippen LogP contribution in [0.2, 0.25) is 0 Å². The van der Waals surface area contributed by atoms with Crippen LogP contribution in [0.5, 0.6) is 5.75 Å². The number of rotatable bonds is 7. The fourth-order valence-corrected chi connectivity index (χ4v) is 5.33. The van der Waals surface area contributed by atoms with Gasteiger partial charge in [0.1, 0.15) is 5.75 Å². The molecule has 0 saturated carbocycles. The zero-order valence-corrected chi connectivity index (χ0v) is 21.8. The number of aryl methyl sites for hydroxylation is 3. The van der Waals surface area contributed by atoms with Gasteiger partial charge in [0.25, 0.3) is 15.9 Å². The molecule has 0 bridgehead atoms. The Morgan fingerprint density at radius 3 is 2.27 bits per heavy atom. The zero-order chi connectivity index (χ0) is 24.3. The molecule has 1 amide bonds. The molecule has 0 saturated heterocycles. The van der Waals surface area contributed by atoms with Gasteiger partial charge in [-0.3, -0.25) is 4.79 Å². The molecule has 174 valence electrons. The number of nitrogens with zero attached hydrogens (tertiary/aromatic N) is 1. The Morgan fingerprint density at radius 2 is 1.64 bits per heavy atom. The molecule has 33 heavy (non-hydrogen) atoms. The van der Waals surface area contributed by atoms with Gasteiger partial charge in [0.15, 0.2) is 6.61 Å². The van der Waals surface area contributed by atoms with Crippen molar-refractivity contribution in [1.82, 2.24) is 0 Å². The van der Waals surface area contributed by atoms with Gasteiger partial charge in [-0.05, 0) is 79.3 Å². The molecule has 0 radical (unpaired) electrons. The second-order valence-corrected chi connectivity index (χ2v) is 11.0. The van der Waals surface area contributed by atoms with E-state index < -0.39 is 22.5 Å². The maximum Gasteiger partial charge on any atom is 0.278 e. The summed E-state index contributed by atoms with van der Waals surface area (Å²) in [6.45, 7) is 9.23. The van der Waals surface area contributed by atoms with Crippen molar-refractivity contribution in [2.24, 2.45) is 0 Å². The van der Waals surface area contributed by atoms with Gasteiger partial charge in [0.2, 0.25) is 0 Å². The summed E-state index contributed by atoms with van der Waals surface area (Å²) >= 11 is 3.54. The lowest BCUT2D eigenvalue weighted by Gasteiger charge is -2.25. The number of carbonyl (C=O) groups excluding carboxylic acids is 1. The molecule has 0 atom stereocenters. The molecule has 0 aromatic heterocycles. The first kappa shape index (κ1) is 25.0. The van der Waals surface area contributed by atoms with Gasteiger partial charge >= 0.3 is 0 Å².